The molecule has 7 heteroatoms. The minimum absolute atomic E-state index is 0.0415. The molecule has 0 spiro atoms. The van der Waals surface area contributed by atoms with Gasteiger partial charge in [-0.25, -0.2) is 4.98 Å². The van der Waals surface area contributed by atoms with Crippen molar-refractivity contribution in [2.24, 2.45) is 5.92 Å². The predicted octanol–water partition coefficient (Wildman–Crippen LogP) is 2.81. The van der Waals surface area contributed by atoms with Crippen molar-refractivity contribution in [1.29, 1.82) is 0 Å². The van der Waals surface area contributed by atoms with Gasteiger partial charge in [-0.3, -0.25) is 10.1 Å². The molecule has 1 atom stereocenters. The molecule has 110 valence electrons. The van der Waals surface area contributed by atoms with Crippen LogP contribution in [0.1, 0.15) is 18.4 Å². The first kappa shape index (κ1) is 15.2. The van der Waals surface area contributed by atoms with E-state index in [1.807, 2.05) is 0 Å². The third-order valence-corrected chi connectivity index (χ3v) is 4.68. The summed E-state index contributed by atoms with van der Waals surface area (Å²) in [6.45, 7) is 4.81. The summed E-state index contributed by atoms with van der Waals surface area (Å²) < 4.78 is 0.677. The lowest BCUT2D eigenvalue weighted by Gasteiger charge is -2.29. The normalized spacial score (nSPS) is 19.9. The number of pyridine rings is 1. The highest BCUT2D eigenvalue weighted by atomic mass is 79.9. The Balaban J connectivity index is 2.03. The van der Waals surface area contributed by atoms with E-state index in [4.69, 9.17) is 0 Å². The number of anilines is 1. The topological polar surface area (TPSA) is 71.3 Å². The Morgan fingerprint density at radius 2 is 2.40 bits per heavy atom. The zero-order valence-electron chi connectivity index (χ0n) is 11.7. The molecule has 0 saturated carbocycles. The zero-order chi connectivity index (χ0) is 14.7. The summed E-state index contributed by atoms with van der Waals surface area (Å²) in [7, 11) is 2.14. The van der Waals surface area contributed by atoms with E-state index >= 15 is 0 Å². The van der Waals surface area contributed by atoms with Gasteiger partial charge in [0.2, 0.25) is 0 Å². The highest BCUT2D eigenvalue weighted by molar-refractivity contribution is 9.10. The summed E-state index contributed by atoms with van der Waals surface area (Å²) in [5.41, 5.74) is 0.646. The number of aromatic nitrogens is 1. The van der Waals surface area contributed by atoms with Crippen molar-refractivity contribution < 1.29 is 4.92 Å². The Morgan fingerprint density at radius 1 is 1.65 bits per heavy atom. The molecule has 1 N–H and O–H groups in total. The number of nitrogens with one attached hydrogen (secondary N) is 1. The van der Waals surface area contributed by atoms with E-state index in [9.17, 15) is 10.1 Å². The molecule has 1 unspecified atom stereocenters. The van der Waals surface area contributed by atoms with Crippen molar-refractivity contribution in [3.8, 4) is 0 Å². The third-order valence-electron chi connectivity index (χ3n) is 3.71. The molecule has 0 radical (unpaired) electrons. The highest BCUT2D eigenvalue weighted by Crippen LogP contribution is 2.30. The van der Waals surface area contributed by atoms with Crippen molar-refractivity contribution in [1.82, 2.24) is 9.88 Å². The van der Waals surface area contributed by atoms with Crippen LogP contribution in [-0.2, 0) is 0 Å². The Bertz CT molecular complexity index is 509. The molecule has 0 bridgehead atoms. The van der Waals surface area contributed by atoms with Gasteiger partial charge in [-0.1, -0.05) is 0 Å². The van der Waals surface area contributed by atoms with Gasteiger partial charge >= 0.3 is 0 Å². The number of rotatable bonds is 4. The molecule has 1 aromatic heterocycles. The highest BCUT2D eigenvalue weighted by Gasteiger charge is 2.20. The minimum atomic E-state index is -0.410. The lowest BCUT2D eigenvalue weighted by molar-refractivity contribution is -0.385. The van der Waals surface area contributed by atoms with Gasteiger partial charge in [0.25, 0.3) is 5.69 Å². The molecule has 0 aliphatic carbocycles. The lowest BCUT2D eigenvalue weighted by atomic mass is 9.98. The summed E-state index contributed by atoms with van der Waals surface area (Å²) in [4.78, 5) is 16.9. The second-order valence-electron chi connectivity index (χ2n) is 5.34. The molecule has 20 heavy (non-hydrogen) atoms. The van der Waals surface area contributed by atoms with Crippen LogP contribution in [0.4, 0.5) is 11.5 Å². The smallest absolute Gasteiger partial charge is 0.291 e. The van der Waals surface area contributed by atoms with Gasteiger partial charge in [0, 0.05) is 18.7 Å². The second-order valence-corrected chi connectivity index (χ2v) is 6.13. The summed E-state index contributed by atoms with van der Waals surface area (Å²) in [5, 5.41) is 14.1. The largest absolute Gasteiger partial charge is 0.369 e. The zero-order valence-corrected chi connectivity index (χ0v) is 13.3. The van der Waals surface area contributed by atoms with E-state index in [-0.39, 0.29) is 5.69 Å². The van der Waals surface area contributed by atoms with E-state index in [1.54, 1.807) is 6.92 Å². The molecule has 1 fully saturated rings. The van der Waals surface area contributed by atoms with E-state index in [2.05, 4.69) is 38.2 Å². The molecule has 6 nitrogen and oxygen atoms in total. The Kier molecular flexibility index (Phi) is 4.93. The first-order valence-electron chi connectivity index (χ1n) is 6.71. The molecule has 1 aromatic rings. The van der Waals surface area contributed by atoms with Gasteiger partial charge in [0.05, 0.1) is 9.40 Å². The van der Waals surface area contributed by atoms with Crippen LogP contribution in [0, 0.1) is 23.0 Å². The number of halogens is 1. The first-order chi connectivity index (χ1) is 9.49. The van der Waals surface area contributed by atoms with Crippen molar-refractivity contribution in [2.45, 2.75) is 19.8 Å². The quantitative estimate of drug-likeness (QED) is 0.672. The first-order valence-corrected chi connectivity index (χ1v) is 7.50. The molecule has 0 amide bonds. The second kappa shape index (κ2) is 6.49. The summed E-state index contributed by atoms with van der Waals surface area (Å²) >= 11 is 3.40. The Morgan fingerprint density at radius 3 is 3.05 bits per heavy atom. The number of likely N-dealkylation sites (tertiary alicyclic amines) is 1. The number of nitro groups is 1. The van der Waals surface area contributed by atoms with E-state index in [1.165, 1.54) is 19.0 Å². The molecule has 0 aromatic carbocycles. The van der Waals surface area contributed by atoms with Crippen molar-refractivity contribution in [3.05, 3.63) is 26.3 Å². The van der Waals surface area contributed by atoms with E-state index < -0.39 is 4.92 Å². The van der Waals surface area contributed by atoms with Crippen molar-refractivity contribution in [2.75, 3.05) is 32.0 Å². The average molecular weight is 343 g/mol. The molecule has 2 rings (SSSR count). The van der Waals surface area contributed by atoms with E-state index in [0.717, 1.165) is 19.6 Å². The fraction of sp³-hybridized carbons (Fsp3) is 0.615. The van der Waals surface area contributed by atoms with Crippen molar-refractivity contribution in [3.63, 3.8) is 0 Å². The summed E-state index contributed by atoms with van der Waals surface area (Å²) in [5.74, 6) is 1.28. The molecule has 1 aliphatic rings. The molecule has 1 aliphatic heterocycles. The maximum atomic E-state index is 10.8. The summed E-state index contributed by atoms with van der Waals surface area (Å²) in [6.07, 6.45) is 3.74. The monoisotopic (exact) mass is 342 g/mol. The third kappa shape index (κ3) is 3.46. The van der Waals surface area contributed by atoms with Gasteiger partial charge in [-0.05, 0) is 55.2 Å². The molecular formula is C13H19BrN4O2. The minimum Gasteiger partial charge on any atom is -0.369 e. The lowest BCUT2D eigenvalue weighted by Crippen LogP contribution is -2.35. The maximum absolute atomic E-state index is 10.8. The SMILES string of the molecule is Cc1c([N+](=O)[O-])cnc(NCC2CCCN(C)C2)c1Br. The van der Waals surface area contributed by atoms with Gasteiger partial charge in [0.15, 0.2) is 0 Å². The maximum Gasteiger partial charge on any atom is 0.291 e. The Labute approximate surface area is 126 Å². The number of piperidine rings is 1. The van der Waals surface area contributed by atoms with Crippen LogP contribution in [0.3, 0.4) is 0 Å². The fourth-order valence-corrected chi connectivity index (χ4v) is 3.00. The van der Waals surface area contributed by atoms with Gasteiger partial charge in [0.1, 0.15) is 12.0 Å². The van der Waals surface area contributed by atoms with Crippen LogP contribution >= 0.6 is 15.9 Å². The number of hydrogen-bond donors (Lipinski definition) is 1. The van der Waals surface area contributed by atoms with Crippen LogP contribution in [0.5, 0.6) is 0 Å². The molecule has 2 heterocycles. The Hall–Kier alpha value is -1.21. The van der Waals surface area contributed by atoms with E-state index in [0.29, 0.717) is 21.8 Å². The molecular weight excluding hydrogens is 324 g/mol. The standard InChI is InChI=1S/C13H19BrN4O2/c1-9-11(18(19)20)7-16-13(12(9)14)15-6-10-4-3-5-17(2)8-10/h7,10H,3-6,8H2,1-2H3,(H,15,16). The van der Waals surface area contributed by atoms with Crippen LogP contribution in [-0.4, -0.2) is 41.5 Å². The van der Waals surface area contributed by atoms with Crippen LogP contribution in [0.15, 0.2) is 10.7 Å². The predicted molar refractivity (Wildman–Crippen MR) is 82.0 cm³/mol. The average Bonchev–Trinajstić information content (AvgIpc) is 2.40. The molecule has 1 saturated heterocycles. The van der Waals surface area contributed by atoms with Crippen molar-refractivity contribution >= 4 is 27.4 Å². The number of hydrogen-bond acceptors (Lipinski definition) is 5. The van der Waals surface area contributed by atoms with Gasteiger partial charge in [-0.2, -0.15) is 0 Å². The van der Waals surface area contributed by atoms with Crippen LogP contribution < -0.4 is 5.32 Å². The number of nitrogens with zero attached hydrogens (tertiary/aromatic N) is 3. The van der Waals surface area contributed by atoms with Crippen LogP contribution in [0.25, 0.3) is 0 Å². The fourth-order valence-electron chi connectivity index (χ4n) is 2.56. The van der Waals surface area contributed by atoms with Gasteiger partial charge < -0.3 is 10.2 Å². The van der Waals surface area contributed by atoms with Crippen LogP contribution in [0.2, 0.25) is 0 Å². The van der Waals surface area contributed by atoms with Gasteiger partial charge in [-0.15, -0.1) is 0 Å². The summed E-state index contributed by atoms with van der Waals surface area (Å²) in [6, 6.07) is 0.